The first kappa shape index (κ1) is 17.2. The monoisotopic (exact) mass is 334 g/mol. The van der Waals surface area contributed by atoms with Crippen molar-refractivity contribution in [3.05, 3.63) is 29.8 Å². The Bertz CT molecular complexity index is 557. The van der Waals surface area contributed by atoms with Crippen LogP contribution in [-0.2, 0) is 9.53 Å². The molecule has 6 heteroatoms. The van der Waals surface area contributed by atoms with Crippen LogP contribution in [0.3, 0.4) is 0 Å². The van der Waals surface area contributed by atoms with E-state index in [0.717, 1.165) is 18.8 Å². The molecule has 0 radical (unpaired) electrons. The van der Waals surface area contributed by atoms with Gasteiger partial charge in [-0.15, -0.1) is 0 Å². The van der Waals surface area contributed by atoms with Gasteiger partial charge in [0.1, 0.15) is 18.0 Å². The summed E-state index contributed by atoms with van der Waals surface area (Å²) in [5.74, 6) is 0.815. The topological polar surface area (TPSA) is 62.2 Å². The molecule has 2 heterocycles. The highest BCUT2D eigenvalue weighted by atomic mass is 16.5. The lowest BCUT2D eigenvalue weighted by Crippen LogP contribution is -2.46. The van der Waals surface area contributed by atoms with Crippen molar-refractivity contribution in [1.82, 2.24) is 9.80 Å². The number of nitrogens with zero attached hydrogens (tertiary/aromatic N) is 2. The van der Waals surface area contributed by atoms with E-state index in [1.165, 1.54) is 5.56 Å². The number of aryl methyl sites for hydroxylation is 1. The smallest absolute Gasteiger partial charge is 0.236 e. The Morgan fingerprint density at radius 2 is 1.96 bits per heavy atom. The number of carbonyl (C=O) groups is 1. The van der Waals surface area contributed by atoms with Gasteiger partial charge in [0.05, 0.1) is 26.3 Å². The van der Waals surface area contributed by atoms with Crippen molar-refractivity contribution in [3.8, 4) is 5.75 Å². The second-order valence-electron chi connectivity index (χ2n) is 6.78. The van der Waals surface area contributed by atoms with Crippen LogP contribution in [0.25, 0.3) is 0 Å². The first-order chi connectivity index (χ1) is 11.5. The summed E-state index contributed by atoms with van der Waals surface area (Å²) in [6.07, 6.45) is 0.549. The van der Waals surface area contributed by atoms with Gasteiger partial charge >= 0.3 is 0 Å². The lowest BCUT2D eigenvalue weighted by atomic mass is 10.1. The van der Waals surface area contributed by atoms with Crippen LogP contribution in [0.2, 0.25) is 0 Å². The molecule has 132 valence electrons. The van der Waals surface area contributed by atoms with Gasteiger partial charge in [0.15, 0.2) is 0 Å². The normalized spacial score (nSPS) is 25.0. The maximum absolute atomic E-state index is 12.4. The number of ether oxygens (including phenoxy) is 2. The van der Waals surface area contributed by atoms with Crippen molar-refractivity contribution in [3.63, 3.8) is 0 Å². The van der Waals surface area contributed by atoms with Crippen molar-refractivity contribution >= 4 is 5.91 Å². The minimum Gasteiger partial charge on any atom is -0.491 e. The Hall–Kier alpha value is -1.63. The minimum atomic E-state index is -0.967. The molecule has 2 aliphatic heterocycles. The van der Waals surface area contributed by atoms with Crippen LogP contribution in [0, 0.1) is 6.92 Å². The number of likely N-dealkylation sites (tertiary alicyclic amines) is 1. The van der Waals surface area contributed by atoms with E-state index in [1.54, 1.807) is 4.90 Å². The van der Waals surface area contributed by atoms with Gasteiger partial charge in [0.2, 0.25) is 5.91 Å². The number of β-amino-alcohol motifs (C(OH)–C–C–N with tert-alkyl or cyclic N) is 1. The number of rotatable bonds is 5. The van der Waals surface area contributed by atoms with E-state index in [0.29, 0.717) is 39.3 Å². The predicted molar refractivity (Wildman–Crippen MR) is 90.1 cm³/mol. The van der Waals surface area contributed by atoms with E-state index in [4.69, 9.17) is 9.47 Å². The number of benzene rings is 1. The molecule has 0 spiro atoms. The maximum atomic E-state index is 12.4. The zero-order chi connectivity index (χ0) is 17.0. The summed E-state index contributed by atoms with van der Waals surface area (Å²) in [5, 5.41) is 10.7. The van der Waals surface area contributed by atoms with Crippen LogP contribution in [0.15, 0.2) is 24.3 Å². The average molecular weight is 334 g/mol. The van der Waals surface area contributed by atoms with Crippen molar-refractivity contribution in [1.29, 1.82) is 0 Å². The van der Waals surface area contributed by atoms with Gasteiger partial charge < -0.3 is 19.5 Å². The summed E-state index contributed by atoms with van der Waals surface area (Å²) in [7, 11) is 0. The van der Waals surface area contributed by atoms with Crippen LogP contribution in [0.4, 0.5) is 0 Å². The average Bonchev–Trinajstić information content (AvgIpc) is 2.98. The van der Waals surface area contributed by atoms with Gasteiger partial charge in [-0.3, -0.25) is 9.69 Å². The van der Waals surface area contributed by atoms with Gasteiger partial charge in [0, 0.05) is 19.6 Å². The third kappa shape index (κ3) is 4.47. The second kappa shape index (κ2) is 7.51. The minimum absolute atomic E-state index is 0.0724. The lowest BCUT2D eigenvalue weighted by Gasteiger charge is -2.28. The first-order valence-electron chi connectivity index (χ1n) is 8.54. The summed E-state index contributed by atoms with van der Waals surface area (Å²) in [6, 6.07) is 7.75. The Morgan fingerprint density at radius 1 is 1.25 bits per heavy atom. The van der Waals surface area contributed by atoms with E-state index in [-0.39, 0.29) is 12.5 Å². The van der Waals surface area contributed by atoms with E-state index < -0.39 is 5.60 Å². The first-order valence-corrected chi connectivity index (χ1v) is 8.54. The van der Waals surface area contributed by atoms with Crippen LogP contribution in [0.5, 0.6) is 5.75 Å². The molecule has 0 saturated carbocycles. The molecule has 2 fully saturated rings. The molecular weight excluding hydrogens is 308 g/mol. The molecule has 1 aromatic rings. The molecule has 1 aromatic carbocycles. The molecule has 1 N–H and O–H groups in total. The van der Waals surface area contributed by atoms with Gasteiger partial charge in [-0.2, -0.15) is 0 Å². The van der Waals surface area contributed by atoms with Gasteiger partial charge in [0.25, 0.3) is 0 Å². The Labute approximate surface area is 143 Å². The Balaban J connectivity index is 1.47. The quantitative estimate of drug-likeness (QED) is 0.858. The molecular formula is C18H26N2O4. The SMILES string of the molecule is Cc1ccc(OC[C@]2(O)CCN(C(=O)CN3CCOCC3)C2)cc1. The zero-order valence-electron chi connectivity index (χ0n) is 14.2. The van der Waals surface area contributed by atoms with Crippen molar-refractivity contribution in [2.75, 3.05) is 52.5 Å². The largest absolute Gasteiger partial charge is 0.491 e. The molecule has 24 heavy (non-hydrogen) atoms. The number of amides is 1. The van der Waals surface area contributed by atoms with E-state index in [9.17, 15) is 9.90 Å². The zero-order valence-corrected chi connectivity index (χ0v) is 14.2. The highest BCUT2D eigenvalue weighted by molar-refractivity contribution is 5.78. The van der Waals surface area contributed by atoms with E-state index >= 15 is 0 Å². The molecule has 0 unspecified atom stereocenters. The lowest BCUT2D eigenvalue weighted by molar-refractivity contribution is -0.133. The highest BCUT2D eigenvalue weighted by Crippen LogP contribution is 2.23. The molecule has 2 saturated heterocycles. The molecule has 6 nitrogen and oxygen atoms in total. The number of morpholine rings is 1. The molecule has 2 aliphatic rings. The van der Waals surface area contributed by atoms with Crippen LogP contribution < -0.4 is 4.74 Å². The van der Waals surface area contributed by atoms with Crippen LogP contribution in [-0.4, -0.2) is 79.0 Å². The molecule has 0 aliphatic carbocycles. The maximum Gasteiger partial charge on any atom is 0.236 e. The third-order valence-corrected chi connectivity index (χ3v) is 4.68. The molecule has 0 bridgehead atoms. The van der Waals surface area contributed by atoms with Gasteiger partial charge in [-0.25, -0.2) is 0 Å². The Kier molecular flexibility index (Phi) is 5.38. The number of hydrogen-bond acceptors (Lipinski definition) is 5. The summed E-state index contributed by atoms with van der Waals surface area (Å²) < 4.78 is 11.0. The molecule has 1 atom stereocenters. The molecule has 1 amide bonds. The fraction of sp³-hybridized carbons (Fsp3) is 0.611. The Morgan fingerprint density at radius 3 is 2.67 bits per heavy atom. The summed E-state index contributed by atoms with van der Waals surface area (Å²) in [4.78, 5) is 16.3. The van der Waals surface area contributed by atoms with Crippen LogP contribution >= 0.6 is 0 Å². The predicted octanol–water partition coefficient (Wildman–Crippen LogP) is 0.669. The fourth-order valence-corrected chi connectivity index (χ4v) is 3.09. The summed E-state index contributed by atoms with van der Waals surface area (Å²) >= 11 is 0. The van der Waals surface area contributed by atoms with Crippen molar-refractivity contribution < 1.29 is 19.4 Å². The summed E-state index contributed by atoms with van der Waals surface area (Å²) in [6.45, 7) is 6.49. The fourth-order valence-electron chi connectivity index (χ4n) is 3.09. The highest BCUT2D eigenvalue weighted by Gasteiger charge is 2.39. The molecule has 3 rings (SSSR count). The van der Waals surface area contributed by atoms with Crippen molar-refractivity contribution in [2.45, 2.75) is 18.9 Å². The number of aliphatic hydroxyl groups is 1. The standard InChI is InChI=1S/C18H26N2O4/c1-15-2-4-16(5-3-15)24-14-18(22)6-7-20(13-18)17(21)12-19-8-10-23-11-9-19/h2-5,22H,6-14H2,1H3/t18-/m0/s1. The number of hydrogen-bond donors (Lipinski definition) is 1. The van der Waals surface area contributed by atoms with E-state index in [2.05, 4.69) is 4.90 Å². The van der Waals surface area contributed by atoms with Crippen molar-refractivity contribution in [2.24, 2.45) is 0 Å². The van der Waals surface area contributed by atoms with Gasteiger partial charge in [-0.05, 0) is 25.5 Å². The van der Waals surface area contributed by atoms with Crippen LogP contribution in [0.1, 0.15) is 12.0 Å². The molecule has 0 aromatic heterocycles. The summed E-state index contributed by atoms with van der Waals surface area (Å²) in [5.41, 5.74) is 0.202. The number of carbonyl (C=O) groups excluding carboxylic acids is 1. The second-order valence-corrected chi connectivity index (χ2v) is 6.78. The van der Waals surface area contributed by atoms with E-state index in [1.807, 2.05) is 31.2 Å². The van der Waals surface area contributed by atoms with Gasteiger partial charge in [-0.1, -0.05) is 17.7 Å². The third-order valence-electron chi connectivity index (χ3n) is 4.68.